The number of benzene rings is 1. The zero-order valence-corrected chi connectivity index (χ0v) is 15.8. The third-order valence-electron chi connectivity index (χ3n) is 4.93. The first-order valence-corrected chi connectivity index (χ1v) is 9.28. The number of carboxylic acid groups (broad SMARTS) is 1. The second kappa shape index (κ2) is 8.77. The van der Waals surface area contributed by atoms with Gasteiger partial charge in [-0.2, -0.15) is 0 Å². The zero-order valence-electron chi connectivity index (χ0n) is 15.8. The number of aryl methyl sites for hydroxylation is 1. The van der Waals surface area contributed by atoms with Crippen LogP contribution in [-0.2, 0) is 11.2 Å². The number of aromatic carboxylic acids is 1. The third kappa shape index (κ3) is 5.66. The Morgan fingerprint density at radius 3 is 2.62 bits per heavy atom. The molecule has 29 heavy (non-hydrogen) atoms. The van der Waals surface area contributed by atoms with E-state index in [0.29, 0.717) is 24.1 Å². The Morgan fingerprint density at radius 1 is 1.24 bits per heavy atom. The monoisotopic (exact) mass is 410 g/mol. The van der Waals surface area contributed by atoms with Gasteiger partial charge in [0.15, 0.2) is 5.69 Å². The highest BCUT2D eigenvalue weighted by Gasteiger charge is 2.31. The summed E-state index contributed by atoms with van der Waals surface area (Å²) in [4.78, 5) is 19.2. The van der Waals surface area contributed by atoms with Gasteiger partial charge in [-0.15, -0.1) is 13.2 Å². The molecule has 0 saturated carbocycles. The van der Waals surface area contributed by atoms with E-state index in [-0.39, 0.29) is 23.7 Å². The van der Waals surface area contributed by atoms with Crippen LogP contribution in [0.1, 0.15) is 59.1 Å². The van der Waals surface area contributed by atoms with Crippen LogP contribution in [0.25, 0.3) is 0 Å². The molecule has 1 aliphatic heterocycles. The van der Waals surface area contributed by atoms with E-state index in [1.807, 2.05) is 0 Å². The lowest BCUT2D eigenvalue weighted by atomic mass is 9.95. The molecule has 0 spiro atoms. The largest absolute Gasteiger partial charge is 0.573 e. The Kier molecular flexibility index (Phi) is 6.36. The molecule has 0 unspecified atom stereocenters. The van der Waals surface area contributed by atoms with Crippen LogP contribution < -0.4 is 4.74 Å². The second-order valence-electron chi connectivity index (χ2n) is 6.93. The zero-order chi connectivity index (χ0) is 21.0. The van der Waals surface area contributed by atoms with Crippen LogP contribution in [0.3, 0.4) is 0 Å². The molecule has 2 aromatic rings. The highest BCUT2D eigenvalue weighted by Crippen LogP contribution is 2.34. The van der Waals surface area contributed by atoms with Crippen molar-refractivity contribution in [3.63, 3.8) is 0 Å². The van der Waals surface area contributed by atoms with Gasteiger partial charge < -0.3 is 14.6 Å². The first kappa shape index (κ1) is 21.0. The van der Waals surface area contributed by atoms with Gasteiger partial charge in [0, 0.05) is 11.3 Å². The molecule has 1 saturated heterocycles. The average molecular weight is 410 g/mol. The van der Waals surface area contributed by atoms with Crippen LogP contribution in [0.4, 0.5) is 13.2 Å². The fourth-order valence-electron chi connectivity index (χ4n) is 3.49. The Balaban J connectivity index is 1.60. The molecule has 0 radical (unpaired) electrons. The fourth-order valence-corrected chi connectivity index (χ4v) is 3.49. The van der Waals surface area contributed by atoms with Crippen LogP contribution >= 0.6 is 0 Å². The maximum atomic E-state index is 12.3. The summed E-state index contributed by atoms with van der Waals surface area (Å²) in [7, 11) is 0. The normalized spacial score (nSPS) is 19.7. The minimum atomic E-state index is -4.71. The maximum Gasteiger partial charge on any atom is 0.573 e. The molecule has 156 valence electrons. The number of ether oxygens (including phenoxy) is 2. The number of carboxylic acids is 1. The molecule has 0 bridgehead atoms. The van der Waals surface area contributed by atoms with Gasteiger partial charge in [0.2, 0.25) is 0 Å². The van der Waals surface area contributed by atoms with Gasteiger partial charge in [0.25, 0.3) is 0 Å². The summed E-state index contributed by atoms with van der Waals surface area (Å²) < 4.78 is 46.9. The lowest BCUT2D eigenvalue weighted by Crippen LogP contribution is -2.23. The highest BCUT2D eigenvalue weighted by molar-refractivity contribution is 5.87. The number of nitrogens with zero attached hydrogens (tertiary/aromatic N) is 2. The summed E-state index contributed by atoms with van der Waals surface area (Å²) >= 11 is 0. The van der Waals surface area contributed by atoms with Crippen molar-refractivity contribution in [1.82, 2.24) is 9.97 Å². The van der Waals surface area contributed by atoms with Crippen molar-refractivity contribution in [2.75, 3.05) is 0 Å². The smallest absolute Gasteiger partial charge is 0.477 e. The maximum absolute atomic E-state index is 12.3. The van der Waals surface area contributed by atoms with Crippen LogP contribution in [0.15, 0.2) is 30.6 Å². The van der Waals surface area contributed by atoms with Gasteiger partial charge in [-0.25, -0.2) is 14.8 Å². The van der Waals surface area contributed by atoms with Crippen molar-refractivity contribution in [2.24, 2.45) is 0 Å². The first-order valence-electron chi connectivity index (χ1n) is 9.28. The highest BCUT2D eigenvalue weighted by atomic mass is 19.4. The Labute approximate surface area is 165 Å². The molecule has 2 atom stereocenters. The summed E-state index contributed by atoms with van der Waals surface area (Å²) in [5.41, 5.74) is 2.03. The van der Waals surface area contributed by atoms with Crippen LogP contribution in [-0.4, -0.2) is 33.5 Å². The van der Waals surface area contributed by atoms with E-state index in [2.05, 4.69) is 14.7 Å². The van der Waals surface area contributed by atoms with Crippen LogP contribution in [0.5, 0.6) is 5.75 Å². The quantitative estimate of drug-likeness (QED) is 0.748. The predicted octanol–water partition coefficient (Wildman–Crippen LogP) is 4.62. The number of aromatic nitrogens is 2. The summed E-state index contributed by atoms with van der Waals surface area (Å²) in [6.45, 7) is 1.69. The van der Waals surface area contributed by atoms with Crippen molar-refractivity contribution in [3.8, 4) is 5.75 Å². The molecule has 9 heteroatoms. The fraction of sp³-hybridized carbons (Fsp3) is 0.450. The van der Waals surface area contributed by atoms with Crippen LogP contribution in [0, 0.1) is 6.92 Å². The van der Waals surface area contributed by atoms with E-state index in [9.17, 15) is 18.0 Å². The number of hydrogen-bond acceptors (Lipinski definition) is 5. The molecule has 2 heterocycles. The summed E-state index contributed by atoms with van der Waals surface area (Å²) in [6.07, 6.45) is 0.103. The number of hydrogen-bond donors (Lipinski definition) is 1. The minimum absolute atomic E-state index is 0.00129. The van der Waals surface area contributed by atoms with Gasteiger partial charge in [-0.3, -0.25) is 0 Å². The molecule has 0 aliphatic carbocycles. The molecule has 6 nitrogen and oxygen atoms in total. The molecular weight excluding hydrogens is 389 g/mol. The predicted molar refractivity (Wildman–Crippen MR) is 96.6 cm³/mol. The van der Waals surface area contributed by atoms with E-state index in [1.54, 1.807) is 19.1 Å². The molecular formula is C20H21F3N2O4. The van der Waals surface area contributed by atoms with E-state index in [1.165, 1.54) is 18.5 Å². The van der Waals surface area contributed by atoms with E-state index in [0.717, 1.165) is 24.8 Å². The summed E-state index contributed by atoms with van der Waals surface area (Å²) in [5, 5.41) is 9.16. The van der Waals surface area contributed by atoms with Gasteiger partial charge in [-0.1, -0.05) is 12.1 Å². The minimum Gasteiger partial charge on any atom is -0.477 e. The molecule has 1 aliphatic rings. The Morgan fingerprint density at radius 2 is 1.97 bits per heavy atom. The number of rotatable bonds is 6. The summed E-state index contributed by atoms with van der Waals surface area (Å²) in [6, 6.07) is 5.74. The number of halogens is 3. The van der Waals surface area contributed by atoms with Crippen molar-refractivity contribution < 1.29 is 32.5 Å². The van der Waals surface area contributed by atoms with Gasteiger partial charge >= 0.3 is 12.3 Å². The van der Waals surface area contributed by atoms with Crippen LogP contribution in [0.2, 0.25) is 0 Å². The molecule has 1 fully saturated rings. The molecule has 3 rings (SSSR count). The molecule has 1 aromatic heterocycles. The Bertz CT molecular complexity index is 856. The number of alkyl halides is 3. The van der Waals surface area contributed by atoms with Gasteiger partial charge in [0.05, 0.1) is 12.2 Å². The van der Waals surface area contributed by atoms with E-state index >= 15 is 0 Å². The van der Waals surface area contributed by atoms with Crippen molar-refractivity contribution in [1.29, 1.82) is 0 Å². The van der Waals surface area contributed by atoms with Crippen molar-refractivity contribution in [3.05, 3.63) is 53.1 Å². The topological polar surface area (TPSA) is 81.5 Å². The average Bonchev–Trinajstić information content (AvgIpc) is 2.66. The van der Waals surface area contributed by atoms with Gasteiger partial charge in [-0.05, 0) is 56.7 Å². The second-order valence-corrected chi connectivity index (χ2v) is 6.93. The number of carbonyl (C=O) groups is 1. The van der Waals surface area contributed by atoms with Crippen molar-refractivity contribution >= 4 is 5.97 Å². The van der Waals surface area contributed by atoms with E-state index in [4.69, 9.17) is 9.84 Å². The van der Waals surface area contributed by atoms with E-state index < -0.39 is 12.3 Å². The summed E-state index contributed by atoms with van der Waals surface area (Å²) in [5.74, 6) is -1.35. The lowest BCUT2D eigenvalue weighted by Gasteiger charge is -2.30. The molecule has 1 aromatic carbocycles. The standard InChI is InChI=1S/C20H21F3N2O4/c1-12-16(24-11-25-18(12)19(26)27)10-9-14-3-2-4-17(28-14)13-5-7-15(8-6-13)29-20(21,22)23/h5-8,11,14,17H,2-4,9-10H2,1H3,(H,26,27)/t14-,17+/m1/s1. The van der Waals surface area contributed by atoms with Crippen molar-refractivity contribution in [2.45, 2.75) is 57.6 Å². The first-order chi connectivity index (χ1) is 13.7. The Hall–Kier alpha value is -2.68. The lowest BCUT2D eigenvalue weighted by molar-refractivity contribution is -0.274. The SMILES string of the molecule is Cc1c(CC[C@H]2CCC[C@@H](c3ccc(OC(F)(F)F)cc3)O2)ncnc1C(=O)O. The molecule has 0 amide bonds. The van der Waals surface area contributed by atoms with Gasteiger partial charge in [0.1, 0.15) is 12.1 Å². The molecule has 1 N–H and O–H groups in total. The third-order valence-corrected chi connectivity index (χ3v) is 4.93.